The largest absolute Gasteiger partial charge is 0.491 e. The average molecular weight is 352 g/mol. The molecule has 4 aromatic carbocycles. The molecule has 27 heavy (non-hydrogen) atoms. The number of fused-ring (bicyclic) bond motifs is 3. The number of anilines is 5. The fraction of sp³-hybridized carbons (Fsp3) is 0. The van der Waals surface area contributed by atoms with Crippen LogP contribution in [0, 0.1) is 0 Å². The van der Waals surface area contributed by atoms with Crippen LogP contribution in [0.5, 0.6) is 0 Å². The molecule has 0 atom stereocenters. The van der Waals surface area contributed by atoms with Gasteiger partial charge in [-0.1, -0.05) is 54.6 Å². The number of nitrogens with one attached hydrogen (secondary N) is 1. The molecule has 0 spiro atoms. The lowest BCUT2D eigenvalue weighted by atomic mass is 9.74. The zero-order valence-corrected chi connectivity index (χ0v) is 14.5. The van der Waals surface area contributed by atoms with E-state index in [0.29, 0.717) is 11.2 Å². The minimum atomic E-state index is -1.58. The highest BCUT2D eigenvalue weighted by Gasteiger charge is 2.30. The van der Waals surface area contributed by atoms with Crippen LogP contribution in [-0.2, 0) is 0 Å². The molecule has 1 aliphatic heterocycles. The molecule has 5 rings (SSSR count). The van der Waals surface area contributed by atoms with E-state index < -0.39 is 7.12 Å². The first-order valence-corrected chi connectivity index (χ1v) is 8.87. The first-order chi connectivity index (χ1) is 13.2. The molecule has 130 valence electrons. The van der Waals surface area contributed by atoms with Gasteiger partial charge in [0.2, 0.25) is 0 Å². The summed E-state index contributed by atoms with van der Waals surface area (Å²) in [6.07, 6.45) is 0. The topological polar surface area (TPSA) is 55.7 Å². The molecule has 1 heterocycles. The molecule has 0 amide bonds. The molecule has 0 saturated carbocycles. The fourth-order valence-corrected chi connectivity index (χ4v) is 3.83. The third-order valence-electron chi connectivity index (χ3n) is 4.99. The third kappa shape index (κ3) is 2.48. The third-order valence-corrected chi connectivity index (χ3v) is 4.99. The van der Waals surface area contributed by atoms with Crippen LogP contribution in [-0.4, -0.2) is 17.2 Å². The van der Waals surface area contributed by atoms with E-state index in [0.717, 1.165) is 33.5 Å². The molecule has 0 bridgehead atoms. The minimum absolute atomic E-state index is 0.485. The van der Waals surface area contributed by atoms with Crippen LogP contribution in [0.4, 0.5) is 28.4 Å². The first-order valence-electron chi connectivity index (χ1n) is 8.87. The van der Waals surface area contributed by atoms with Crippen molar-refractivity contribution in [1.82, 2.24) is 0 Å². The summed E-state index contributed by atoms with van der Waals surface area (Å²) in [4.78, 5) is 2.15. The number of benzene rings is 4. The van der Waals surface area contributed by atoms with Gasteiger partial charge in [0.15, 0.2) is 0 Å². The zero-order valence-electron chi connectivity index (χ0n) is 14.5. The molecule has 0 unspecified atom stereocenters. The highest BCUT2D eigenvalue weighted by molar-refractivity contribution is 6.64. The quantitative estimate of drug-likeness (QED) is 0.420. The Balaban J connectivity index is 1.88. The van der Waals surface area contributed by atoms with E-state index in [1.165, 1.54) is 0 Å². The summed E-state index contributed by atoms with van der Waals surface area (Å²) in [5.74, 6) is 0. The van der Waals surface area contributed by atoms with Gasteiger partial charge in [-0.3, -0.25) is 0 Å². The summed E-state index contributed by atoms with van der Waals surface area (Å²) in [5, 5.41) is 25.6. The van der Waals surface area contributed by atoms with Gasteiger partial charge in [0, 0.05) is 11.2 Å². The van der Waals surface area contributed by atoms with Crippen LogP contribution in [0.1, 0.15) is 0 Å². The van der Waals surface area contributed by atoms with Crippen molar-refractivity contribution in [3.63, 3.8) is 0 Å². The normalized spacial score (nSPS) is 12.3. The van der Waals surface area contributed by atoms with Gasteiger partial charge < -0.3 is 20.3 Å². The minimum Gasteiger partial charge on any atom is -0.423 e. The summed E-state index contributed by atoms with van der Waals surface area (Å²) in [6.45, 7) is 0. The van der Waals surface area contributed by atoms with Crippen LogP contribution >= 0.6 is 0 Å². The van der Waals surface area contributed by atoms with Crippen molar-refractivity contribution in [2.45, 2.75) is 0 Å². The maximum absolute atomic E-state index is 10.2. The van der Waals surface area contributed by atoms with E-state index >= 15 is 0 Å². The lowest BCUT2D eigenvalue weighted by Crippen LogP contribution is -2.35. The van der Waals surface area contributed by atoms with Gasteiger partial charge >= 0.3 is 7.12 Å². The maximum atomic E-state index is 10.2. The highest BCUT2D eigenvalue weighted by atomic mass is 16.4. The summed E-state index contributed by atoms with van der Waals surface area (Å²) >= 11 is 0. The number of rotatable bonds is 2. The van der Waals surface area contributed by atoms with Crippen molar-refractivity contribution < 1.29 is 10.0 Å². The predicted molar refractivity (Wildman–Crippen MR) is 112 cm³/mol. The molecule has 0 fully saturated rings. The van der Waals surface area contributed by atoms with E-state index in [1.807, 2.05) is 60.7 Å². The molecule has 3 N–H and O–H groups in total. The lowest BCUT2D eigenvalue weighted by Gasteiger charge is -2.35. The standard InChI is InChI=1S/C22H17BN2O2/c26-23(27)21-17-11-5-4-8-15(17)14-20-22(21)24-18-12-6-7-13-19(18)25(20)16-9-2-1-3-10-16/h1-14,24,26-27H. The van der Waals surface area contributed by atoms with Crippen molar-refractivity contribution in [1.29, 1.82) is 0 Å². The van der Waals surface area contributed by atoms with Crippen LogP contribution in [0.25, 0.3) is 10.8 Å². The first kappa shape index (κ1) is 15.9. The number of hydrogen-bond donors (Lipinski definition) is 3. The Morgan fingerprint density at radius 1 is 0.741 bits per heavy atom. The molecule has 0 saturated heterocycles. The van der Waals surface area contributed by atoms with Crippen LogP contribution in [0.3, 0.4) is 0 Å². The number of para-hydroxylation sites is 3. The SMILES string of the molecule is OB(O)c1c2c(cc3ccccc13)N(c1ccccc1)c1ccccc1N2. The molecule has 0 radical (unpaired) electrons. The van der Waals surface area contributed by atoms with Gasteiger partial charge in [-0.05, 0) is 41.1 Å². The summed E-state index contributed by atoms with van der Waals surface area (Å²) < 4.78 is 0. The monoisotopic (exact) mass is 352 g/mol. The van der Waals surface area contributed by atoms with Gasteiger partial charge in [-0.15, -0.1) is 0 Å². The Hall–Kier alpha value is -3.28. The molecule has 4 nitrogen and oxygen atoms in total. The van der Waals surface area contributed by atoms with Crippen molar-refractivity contribution in [2.24, 2.45) is 0 Å². The van der Waals surface area contributed by atoms with Crippen molar-refractivity contribution >= 4 is 51.8 Å². The number of hydrogen-bond acceptors (Lipinski definition) is 4. The van der Waals surface area contributed by atoms with Gasteiger partial charge in [-0.25, -0.2) is 0 Å². The lowest BCUT2D eigenvalue weighted by molar-refractivity contribution is 0.426. The van der Waals surface area contributed by atoms with Gasteiger partial charge in [0.05, 0.1) is 22.7 Å². The van der Waals surface area contributed by atoms with Crippen molar-refractivity contribution in [2.75, 3.05) is 10.2 Å². The molecule has 0 aliphatic carbocycles. The van der Waals surface area contributed by atoms with Crippen LogP contribution in [0.2, 0.25) is 0 Å². The molecular weight excluding hydrogens is 335 g/mol. The molecule has 5 heteroatoms. The molecule has 1 aliphatic rings. The fourth-order valence-electron chi connectivity index (χ4n) is 3.83. The van der Waals surface area contributed by atoms with E-state index in [4.69, 9.17) is 0 Å². The maximum Gasteiger partial charge on any atom is 0.491 e. The van der Waals surface area contributed by atoms with E-state index in [2.05, 4.69) is 34.5 Å². The highest BCUT2D eigenvalue weighted by Crippen LogP contribution is 2.48. The molecule has 0 aromatic heterocycles. The Kier molecular flexibility index (Phi) is 3.64. The Morgan fingerprint density at radius 2 is 1.44 bits per heavy atom. The van der Waals surface area contributed by atoms with Crippen molar-refractivity contribution in [3.05, 3.63) is 84.9 Å². The van der Waals surface area contributed by atoms with Crippen molar-refractivity contribution in [3.8, 4) is 0 Å². The van der Waals surface area contributed by atoms with E-state index in [-0.39, 0.29) is 0 Å². The Morgan fingerprint density at radius 3 is 2.26 bits per heavy atom. The average Bonchev–Trinajstić information content (AvgIpc) is 2.70. The Bertz CT molecular complexity index is 1150. The predicted octanol–water partition coefficient (Wildman–Crippen LogP) is 4.05. The summed E-state index contributed by atoms with van der Waals surface area (Å²) in [5.41, 5.74) is 5.05. The second-order valence-electron chi connectivity index (χ2n) is 6.59. The van der Waals surface area contributed by atoms with Gasteiger partial charge in [0.1, 0.15) is 0 Å². The summed E-state index contributed by atoms with van der Waals surface area (Å²) in [7, 11) is -1.58. The van der Waals surface area contributed by atoms with E-state index in [9.17, 15) is 10.0 Å². The molecule has 4 aromatic rings. The van der Waals surface area contributed by atoms with E-state index in [1.54, 1.807) is 0 Å². The number of nitrogens with zero attached hydrogens (tertiary/aromatic N) is 1. The molecular formula is C22H17BN2O2. The van der Waals surface area contributed by atoms with Crippen LogP contribution < -0.4 is 15.7 Å². The van der Waals surface area contributed by atoms with Gasteiger partial charge in [0.25, 0.3) is 0 Å². The van der Waals surface area contributed by atoms with Gasteiger partial charge in [-0.2, -0.15) is 0 Å². The Labute approximate surface area is 157 Å². The summed E-state index contributed by atoms with van der Waals surface area (Å²) in [6, 6.07) is 28.0. The van der Waals surface area contributed by atoms with Crippen LogP contribution in [0.15, 0.2) is 84.9 Å². The second-order valence-corrected chi connectivity index (χ2v) is 6.59. The zero-order chi connectivity index (χ0) is 18.4. The second kappa shape index (κ2) is 6.16. The smallest absolute Gasteiger partial charge is 0.423 e.